The van der Waals surface area contributed by atoms with Gasteiger partial charge in [-0.1, -0.05) is 41.4 Å². The summed E-state index contributed by atoms with van der Waals surface area (Å²) in [5.74, 6) is 0.826. The molecule has 0 bridgehead atoms. The highest BCUT2D eigenvalue weighted by atomic mass is 35.5. The van der Waals surface area contributed by atoms with Crippen molar-refractivity contribution in [3.63, 3.8) is 0 Å². The lowest BCUT2D eigenvalue weighted by Crippen LogP contribution is -2.13. The highest BCUT2D eigenvalue weighted by molar-refractivity contribution is 6.42. The fourth-order valence-corrected chi connectivity index (χ4v) is 2.97. The predicted molar refractivity (Wildman–Crippen MR) is 122 cm³/mol. The van der Waals surface area contributed by atoms with Crippen LogP contribution in [0, 0.1) is 11.3 Å². The van der Waals surface area contributed by atoms with E-state index < -0.39 is 5.91 Å². The molecule has 3 aromatic rings. The SMILES string of the molecule is COc1ccc(NC(=O)/C(C#N)=C\c2ccc(OCc3ccc(Cl)c(Cl)c3)cc2)cc1. The number of methoxy groups -OCH3 is 1. The maximum Gasteiger partial charge on any atom is 0.266 e. The molecule has 7 heteroatoms. The Labute approximate surface area is 190 Å². The zero-order valence-corrected chi connectivity index (χ0v) is 18.1. The molecule has 3 aromatic carbocycles. The highest BCUT2D eigenvalue weighted by Crippen LogP contribution is 2.24. The topological polar surface area (TPSA) is 71.3 Å². The third kappa shape index (κ3) is 6.26. The summed E-state index contributed by atoms with van der Waals surface area (Å²) in [5, 5.41) is 13.0. The molecule has 0 saturated carbocycles. The number of rotatable bonds is 7. The van der Waals surface area contributed by atoms with Crippen LogP contribution >= 0.6 is 23.2 Å². The number of carbonyl (C=O) groups excluding carboxylic acids is 1. The molecular formula is C24H18Cl2N2O3. The minimum absolute atomic E-state index is 0.0136. The molecule has 0 fully saturated rings. The molecule has 1 amide bonds. The largest absolute Gasteiger partial charge is 0.497 e. The summed E-state index contributed by atoms with van der Waals surface area (Å²) in [5.41, 5.74) is 2.14. The van der Waals surface area contributed by atoms with Crippen molar-refractivity contribution in [2.45, 2.75) is 6.61 Å². The van der Waals surface area contributed by atoms with Gasteiger partial charge < -0.3 is 14.8 Å². The molecule has 0 atom stereocenters. The van der Waals surface area contributed by atoms with Gasteiger partial charge in [-0.05, 0) is 65.7 Å². The normalized spacial score (nSPS) is 10.8. The Hall–Kier alpha value is -3.46. The van der Waals surface area contributed by atoms with Gasteiger partial charge in [0, 0.05) is 5.69 Å². The second kappa shape index (κ2) is 10.5. The zero-order chi connectivity index (χ0) is 22.2. The summed E-state index contributed by atoms with van der Waals surface area (Å²) in [7, 11) is 1.56. The van der Waals surface area contributed by atoms with Crippen molar-refractivity contribution in [2.75, 3.05) is 12.4 Å². The Morgan fingerprint density at radius 1 is 1.00 bits per heavy atom. The molecule has 0 unspecified atom stereocenters. The molecule has 1 N–H and O–H groups in total. The molecule has 0 aliphatic heterocycles. The van der Waals surface area contributed by atoms with E-state index in [1.165, 1.54) is 6.08 Å². The number of nitrogens with one attached hydrogen (secondary N) is 1. The number of halogens is 2. The van der Waals surface area contributed by atoms with Crippen LogP contribution in [0.25, 0.3) is 6.08 Å². The van der Waals surface area contributed by atoms with Gasteiger partial charge in [0.25, 0.3) is 5.91 Å². The molecule has 0 aliphatic rings. The van der Waals surface area contributed by atoms with E-state index in [9.17, 15) is 10.1 Å². The number of nitrogens with zero attached hydrogens (tertiary/aromatic N) is 1. The van der Waals surface area contributed by atoms with E-state index in [4.69, 9.17) is 32.7 Å². The van der Waals surface area contributed by atoms with E-state index in [2.05, 4.69) is 5.32 Å². The van der Waals surface area contributed by atoms with Gasteiger partial charge >= 0.3 is 0 Å². The van der Waals surface area contributed by atoms with Gasteiger partial charge in [-0.2, -0.15) is 5.26 Å². The van der Waals surface area contributed by atoms with Crippen LogP contribution in [0.4, 0.5) is 5.69 Å². The predicted octanol–water partition coefficient (Wildman–Crippen LogP) is 6.13. The van der Waals surface area contributed by atoms with Crippen molar-refractivity contribution in [1.82, 2.24) is 0 Å². The number of anilines is 1. The molecule has 0 aliphatic carbocycles. The van der Waals surface area contributed by atoms with Crippen molar-refractivity contribution in [3.05, 3.63) is 93.5 Å². The van der Waals surface area contributed by atoms with Gasteiger partial charge in [0.15, 0.2) is 0 Å². The van der Waals surface area contributed by atoms with Crippen molar-refractivity contribution >= 4 is 40.9 Å². The van der Waals surface area contributed by atoms with E-state index in [-0.39, 0.29) is 5.57 Å². The standard InChI is InChI=1S/C24H18Cl2N2O3/c1-30-20-9-5-19(6-10-20)28-24(29)18(14-27)12-16-2-7-21(8-3-16)31-15-17-4-11-22(25)23(26)13-17/h2-13H,15H2,1H3,(H,28,29)/b18-12-. The van der Waals surface area contributed by atoms with Crippen molar-refractivity contribution < 1.29 is 14.3 Å². The first kappa shape index (κ1) is 22.2. The minimum atomic E-state index is -0.493. The molecule has 0 spiro atoms. The van der Waals surface area contributed by atoms with Crippen LogP contribution in [0.5, 0.6) is 11.5 Å². The fourth-order valence-electron chi connectivity index (χ4n) is 2.64. The summed E-state index contributed by atoms with van der Waals surface area (Å²) in [6.07, 6.45) is 1.52. The van der Waals surface area contributed by atoms with E-state index in [0.29, 0.717) is 39.4 Å². The lowest BCUT2D eigenvalue weighted by atomic mass is 10.1. The Kier molecular flexibility index (Phi) is 7.55. The maximum atomic E-state index is 12.4. The van der Waals surface area contributed by atoms with Gasteiger partial charge in [-0.15, -0.1) is 0 Å². The summed E-state index contributed by atoms with van der Waals surface area (Å²) in [6, 6.07) is 21.2. The third-order valence-corrected chi connectivity index (χ3v) is 5.03. The Morgan fingerprint density at radius 2 is 1.68 bits per heavy atom. The number of hydrogen-bond donors (Lipinski definition) is 1. The third-order valence-electron chi connectivity index (χ3n) is 4.29. The van der Waals surface area contributed by atoms with E-state index in [0.717, 1.165) is 5.56 Å². The second-order valence-electron chi connectivity index (χ2n) is 6.46. The lowest BCUT2D eigenvalue weighted by molar-refractivity contribution is -0.112. The Balaban J connectivity index is 1.63. The average molecular weight is 453 g/mol. The maximum absolute atomic E-state index is 12.4. The van der Waals surface area contributed by atoms with Crippen molar-refractivity contribution in [3.8, 4) is 17.6 Å². The van der Waals surface area contributed by atoms with E-state index >= 15 is 0 Å². The molecule has 0 saturated heterocycles. The quantitative estimate of drug-likeness (QED) is 0.345. The summed E-state index contributed by atoms with van der Waals surface area (Å²) >= 11 is 11.9. The van der Waals surface area contributed by atoms with Crippen molar-refractivity contribution in [1.29, 1.82) is 5.26 Å². The number of nitriles is 1. The molecule has 0 aromatic heterocycles. The first-order valence-corrected chi connectivity index (χ1v) is 9.98. The molecule has 0 heterocycles. The van der Waals surface area contributed by atoms with Crippen LogP contribution < -0.4 is 14.8 Å². The first-order chi connectivity index (χ1) is 15.0. The number of carbonyl (C=O) groups is 1. The van der Waals surface area contributed by atoms with Crippen molar-refractivity contribution in [2.24, 2.45) is 0 Å². The van der Waals surface area contributed by atoms with Gasteiger partial charge in [0.05, 0.1) is 17.2 Å². The van der Waals surface area contributed by atoms with Gasteiger partial charge in [0.1, 0.15) is 29.7 Å². The smallest absolute Gasteiger partial charge is 0.266 e. The molecule has 5 nitrogen and oxygen atoms in total. The number of hydrogen-bond acceptors (Lipinski definition) is 4. The Morgan fingerprint density at radius 3 is 2.29 bits per heavy atom. The van der Waals surface area contributed by atoms with Crippen LogP contribution in [0.2, 0.25) is 10.0 Å². The summed E-state index contributed by atoms with van der Waals surface area (Å²) < 4.78 is 10.8. The zero-order valence-electron chi connectivity index (χ0n) is 16.6. The van der Waals surface area contributed by atoms with Crippen LogP contribution in [0.3, 0.4) is 0 Å². The first-order valence-electron chi connectivity index (χ1n) is 9.22. The van der Waals surface area contributed by atoms with Crippen LogP contribution in [-0.4, -0.2) is 13.0 Å². The lowest BCUT2D eigenvalue weighted by Gasteiger charge is -2.08. The fraction of sp³-hybridized carbons (Fsp3) is 0.0833. The van der Waals surface area contributed by atoms with Crippen LogP contribution in [0.15, 0.2) is 72.3 Å². The average Bonchev–Trinajstić information content (AvgIpc) is 2.79. The van der Waals surface area contributed by atoms with Gasteiger partial charge in [-0.25, -0.2) is 0 Å². The number of benzene rings is 3. The molecular weight excluding hydrogens is 435 g/mol. The van der Waals surface area contributed by atoms with Crippen LogP contribution in [0.1, 0.15) is 11.1 Å². The van der Waals surface area contributed by atoms with Gasteiger partial charge in [-0.3, -0.25) is 4.79 Å². The number of ether oxygens (including phenoxy) is 2. The summed E-state index contributed by atoms with van der Waals surface area (Å²) in [6.45, 7) is 0.333. The Bertz CT molecular complexity index is 1130. The summed E-state index contributed by atoms with van der Waals surface area (Å²) in [4.78, 5) is 12.4. The minimum Gasteiger partial charge on any atom is -0.497 e. The molecule has 156 valence electrons. The van der Waals surface area contributed by atoms with E-state index in [1.54, 1.807) is 67.8 Å². The molecule has 0 radical (unpaired) electrons. The van der Waals surface area contributed by atoms with Crippen LogP contribution in [-0.2, 0) is 11.4 Å². The number of amides is 1. The van der Waals surface area contributed by atoms with E-state index in [1.807, 2.05) is 12.1 Å². The molecule has 31 heavy (non-hydrogen) atoms. The highest BCUT2D eigenvalue weighted by Gasteiger charge is 2.10. The monoisotopic (exact) mass is 452 g/mol. The second-order valence-corrected chi connectivity index (χ2v) is 7.27. The van der Waals surface area contributed by atoms with Gasteiger partial charge in [0.2, 0.25) is 0 Å². The molecule has 3 rings (SSSR count).